The van der Waals surface area contributed by atoms with Crippen molar-refractivity contribution in [1.29, 1.82) is 0 Å². The molecule has 0 radical (unpaired) electrons. The number of fused-ring (bicyclic) bond motifs is 1. The van der Waals surface area contributed by atoms with Gasteiger partial charge in [0.2, 0.25) is 0 Å². The molecule has 0 spiro atoms. The third-order valence-corrected chi connectivity index (χ3v) is 8.08. The highest BCUT2D eigenvalue weighted by Gasteiger charge is 2.30. The molecule has 4 heterocycles. The molecule has 0 unspecified atom stereocenters. The standard InChI is InChI=1S/C26H30N8O3S/c1-5-38(36,37)20-9-6-17(10-27-20)11-28-24-26(35)34(13-15(2)3)25-19(32-24)12-29-23(33-25)21-16(4)30-14-31-22(21)18-7-8-18/h6,9-10,12,14-15,18H,5,7-8,11,13H2,1-4H3,(H,28,32). The van der Waals surface area contributed by atoms with E-state index in [0.717, 1.165) is 35.4 Å². The number of hydrogen-bond donors (Lipinski definition) is 1. The van der Waals surface area contributed by atoms with Crippen LogP contribution < -0.4 is 10.9 Å². The molecule has 0 amide bonds. The fraction of sp³-hybridized carbons (Fsp3) is 0.423. The summed E-state index contributed by atoms with van der Waals surface area (Å²) in [5, 5.41) is 3.12. The molecule has 4 aromatic rings. The van der Waals surface area contributed by atoms with Crippen molar-refractivity contribution >= 4 is 26.8 Å². The number of anilines is 1. The maximum absolute atomic E-state index is 13.5. The van der Waals surface area contributed by atoms with Gasteiger partial charge in [-0.1, -0.05) is 26.8 Å². The molecule has 5 rings (SSSR count). The van der Waals surface area contributed by atoms with Crippen LogP contribution in [0.5, 0.6) is 0 Å². The molecule has 0 saturated heterocycles. The first kappa shape index (κ1) is 25.8. The molecule has 0 bridgehead atoms. The van der Waals surface area contributed by atoms with E-state index < -0.39 is 9.84 Å². The lowest BCUT2D eigenvalue weighted by Crippen LogP contribution is -2.28. The summed E-state index contributed by atoms with van der Waals surface area (Å²) in [7, 11) is -3.38. The van der Waals surface area contributed by atoms with Gasteiger partial charge in [0, 0.05) is 25.2 Å². The van der Waals surface area contributed by atoms with Crippen molar-refractivity contribution < 1.29 is 8.42 Å². The fourth-order valence-electron chi connectivity index (χ4n) is 4.27. The van der Waals surface area contributed by atoms with Gasteiger partial charge in [-0.3, -0.25) is 9.36 Å². The summed E-state index contributed by atoms with van der Waals surface area (Å²) in [4.78, 5) is 40.4. The van der Waals surface area contributed by atoms with E-state index in [-0.39, 0.29) is 34.6 Å². The van der Waals surface area contributed by atoms with Gasteiger partial charge in [0.15, 0.2) is 32.2 Å². The van der Waals surface area contributed by atoms with Crippen LogP contribution in [0.2, 0.25) is 0 Å². The number of sulfone groups is 1. The number of rotatable bonds is 9. The van der Waals surface area contributed by atoms with Gasteiger partial charge in [0.1, 0.15) is 11.8 Å². The van der Waals surface area contributed by atoms with Crippen LogP contribution >= 0.6 is 0 Å². The minimum absolute atomic E-state index is 0.0173. The van der Waals surface area contributed by atoms with Crippen molar-refractivity contribution in [1.82, 2.24) is 34.5 Å². The zero-order valence-electron chi connectivity index (χ0n) is 21.8. The summed E-state index contributed by atoms with van der Waals surface area (Å²) in [5.41, 5.74) is 3.95. The van der Waals surface area contributed by atoms with Gasteiger partial charge in [-0.05, 0) is 37.3 Å². The molecule has 198 valence electrons. The Hall–Kier alpha value is -3.80. The van der Waals surface area contributed by atoms with Gasteiger partial charge in [0.05, 0.1) is 28.9 Å². The van der Waals surface area contributed by atoms with Crippen molar-refractivity contribution in [2.24, 2.45) is 5.92 Å². The molecule has 0 atom stereocenters. The van der Waals surface area contributed by atoms with Crippen LogP contribution in [-0.4, -0.2) is 48.6 Å². The molecule has 1 aliphatic rings. The Kier molecular flexibility index (Phi) is 6.91. The predicted octanol–water partition coefficient (Wildman–Crippen LogP) is 3.29. The van der Waals surface area contributed by atoms with E-state index in [4.69, 9.17) is 4.98 Å². The van der Waals surface area contributed by atoms with E-state index in [9.17, 15) is 13.2 Å². The SMILES string of the molecule is CCS(=O)(=O)c1ccc(CNc2nc3cnc(-c4c(C)ncnc4C4CC4)nc3n(CC(C)C)c2=O)cn1. The summed E-state index contributed by atoms with van der Waals surface area (Å²) in [5.74, 6) is 1.21. The first-order chi connectivity index (χ1) is 18.2. The van der Waals surface area contributed by atoms with Gasteiger partial charge in [-0.2, -0.15) is 0 Å². The fourth-order valence-corrected chi connectivity index (χ4v) is 5.06. The van der Waals surface area contributed by atoms with Crippen LogP contribution in [-0.2, 0) is 22.9 Å². The summed E-state index contributed by atoms with van der Waals surface area (Å²) in [6, 6.07) is 3.15. The Labute approximate surface area is 220 Å². The van der Waals surface area contributed by atoms with E-state index in [1.807, 2.05) is 20.8 Å². The number of nitrogens with zero attached hydrogens (tertiary/aromatic N) is 7. The third-order valence-electron chi connectivity index (χ3n) is 6.44. The van der Waals surface area contributed by atoms with Crippen LogP contribution in [0.4, 0.5) is 5.82 Å². The summed E-state index contributed by atoms with van der Waals surface area (Å²) >= 11 is 0. The molecule has 0 aliphatic heterocycles. The maximum Gasteiger partial charge on any atom is 0.294 e. The Morgan fingerprint density at radius 3 is 2.53 bits per heavy atom. The second kappa shape index (κ2) is 10.2. The van der Waals surface area contributed by atoms with Crippen molar-refractivity contribution in [2.45, 2.75) is 64.6 Å². The number of aryl methyl sites for hydroxylation is 1. The number of aromatic nitrogens is 7. The van der Waals surface area contributed by atoms with Gasteiger partial charge in [-0.15, -0.1) is 0 Å². The average Bonchev–Trinajstić information content (AvgIpc) is 3.75. The topological polar surface area (TPSA) is 146 Å². The molecule has 38 heavy (non-hydrogen) atoms. The highest BCUT2D eigenvalue weighted by atomic mass is 32.2. The smallest absolute Gasteiger partial charge is 0.294 e. The second-order valence-electron chi connectivity index (χ2n) is 9.93. The Balaban J connectivity index is 1.51. The zero-order chi connectivity index (χ0) is 27.0. The van der Waals surface area contributed by atoms with E-state index >= 15 is 0 Å². The van der Waals surface area contributed by atoms with Gasteiger partial charge in [0.25, 0.3) is 5.56 Å². The van der Waals surface area contributed by atoms with Crippen LogP contribution in [0.3, 0.4) is 0 Å². The largest absolute Gasteiger partial charge is 0.361 e. The van der Waals surface area contributed by atoms with Crippen molar-refractivity contribution in [2.75, 3.05) is 11.1 Å². The van der Waals surface area contributed by atoms with Crippen molar-refractivity contribution in [3.8, 4) is 11.4 Å². The van der Waals surface area contributed by atoms with Crippen molar-refractivity contribution in [3.63, 3.8) is 0 Å². The first-order valence-electron chi connectivity index (χ1n) is 12.7. The molecule has 1 aliphatic carbocycles. The molecule has 1 saturated carbocycles. The molecule has 1 N–H and O–H groups in total. The normalized spacial score (nSPS) is 13.8. The van der Waals surface area contributed by atoms with E-state index in [2.05, 4.69) is 30.2 Å². The van der Waals surface area contributed by atoms with Crippen LogP contribution in [0, 0.1) is 12.8 Å². The Morgan fingerprint density at radius 1 is 1.08 bits per heavy atom. The molecular formula is C26H30N8O3S. The first-order valence-corrected chi connectivity index (χ1v) is 14.3. The number of hydrogen-bond acceptors (Lipinski definition) is 10. The predicted molar refractivity (Wildman–Crippen MR) is 143 cm³/mol. The summed E-state index contributed by atoms with van der Waals surface area (Å²) in [6.45, 7) is 8.26. The third kappa shape index (κ3) is 5.13. The zero-order valence-corrected chi connectivity index (χ0v) is 22.7. The highest BCUT2D eigenvalue weighted by molar-refractivity contribution is 7.91. The summed E-state index contributed by atoms with van der Waals surface area (Å²) in [6.07, 6.45) is 6.86. The molecule has 4 aromatic heterocycles. The number of pyridine rings is 1. The molecule has 0 aromatic carbocycles. The van der Waals surface area contributed by atoms with E-state index in [1.54, 1.807) is 30.1 Å². The quantitative estimate of drug-likeness (QED) is 0.339. The van der Waals surface area contributed by atoms with Gasteiger partial charge in [-0.25, -0.2) is 38.3 Å². The molecular weight excluding hydrogens is 504 g/mol. The Bertz CT molecular complexity index is 1660. The van der Waals surface area contributed by atoms with Crippen LogP contribution in [0.25, 0.3) is 22.6 Å². The average molecular weight is 535 g/mol. The molecule has 1 fully saturated rings. The maximum atomic E-state index is 13.5. The Morgan fingerprint density at radius 2 is 1.87 bits per heavy atom. The van der Waals surface area contributed by atoms with Crippen LogP contribution in [0.15, 0.2) is 40.7 Å². The van der Waals surface area contributed by atoms with Crippen LogP contribution in [0.1, 0.15) is 56.5 Å². The van der Waals surface area contributed by atoms with Crippen molar-refractivity contribution in [3.05, 3.63) is 58.2 Å². The second-order valence-corrected chi connectivity index (χ2v) is 12.2. The van der Waals surface area contributed by atoms with Gasteiger partial charge >= 0.3 is 0 Å². The number of nitrogens with one attached hydrogen (secondary N) is 1. The lowest BCUT2D eigenvalue weighted by Gasteiger charge is -2.15. The van der Waals surface area contributed by atoms with Gasteiger partial charge < -0.3 is 5.32 Å². The molecule has 11 nitrogen and oxygen atoms in total. The van der Waals surface area contributed by atoms with E-state index in [0.29, 0.717) is 29.5 Å². The van der Waals surface area contributed by atoms with E-state index in [1.165, 1.54) is 12.3 Å². The lowest BCUT2D eigenvalue weighted by atomic mass is 10.1. The minimum Gasteiger partial charge on any atom is -0.361 e. The highest BCUT2D eigenvalue weighted by Crippen LogP contribution is 2.43. The monoisotopic (exact) mass is 534 g/mol. The molecule has 12 heteroatoms. The lowest BCUT2D eigenvalue weighted by molar-refractivity contribution is 0.520. The summed E-state index contributed by atoms with van der Waals surface area (Å²) < 4.78 is 25.7. The minimum atomic E-state index is -3.38.